The lowest BCUT2D eigenvalue weighted by atomic mass is 9.99. The van der Waals surface area contributed by atoms with Crippen molar-refractivity contribution in [3.8, 4) is 0 Å². The van der Waals surface area contributed by atoms with Gasteiger partial charge in [-0.2, -0.15) is 0 Å². The minimum absolute atomic E-state index is 0.190. The van der Waals surface area contributed by atoms with Crippen molar-refractivity contribution in [2.45, 2.75) is 282 Å². The Bertz CT molecular complexity index is 1010. The Hall–Kier alpha value is -1.79. The Balaban J connectivity index is 2.22. The maximum Gasteiger partial charge on any atom is 0.335 e. The topological polar surface area (TPSA) is 169 Å². The third-order valence-corrected chi connectivity index (χ3v) is 12.0. The summed E-state index contributed by atoms with van der Waals surface area (Å²) >= 11 is 0. The lowest BCUT2D eigenvalue weighted by Crippen LogP contribution is -2.60. The van der Waals surface area contributed by atoms with Crippen molar-refractivity contribution < 1.29 is 53.8 Å². The highest BCUT2D eigenvalue weighted by molar-refractivity contribution is 5.73. The van der Waals surface area contributed by atoms with Crippen LogP contribution >= 0.6 is 0 Å². The number of aliphatic hydroxyl groups is 3. The number of ether oxygens (including phenoxy) is 4. The summed E-state index contributed by atoms with van der Waals surface area (Å²) < 4.78 is 21.8. The molecule has 4 N–H and O–H groups in total. The van der Waals surface area contributed by atoms with Crippen molar-refractivity contribution in [3.05, 3.63) is 0 Å². The normalized spacial score (nSPS) is 19.6. The summed E-state index contributed by atoms with van der Waals surface area (Å²) in [6.45, 7) is 3.84. The monoisotopic (exact) mass is 857 g/mol. The van der Waals surface area contributed by atoms with E-state index in [9.17, 15) is 34.8 Å². The molecule has 1 heterocycles. The molecule has 1 saturated heterocycles. The van der Waals surface area contributed by atoms with Crippen molar-refractivity contribution in [2.24, 2.45) is 0 Å². The summed E-state index contributed by atoms with van der Waals surface area (Å²) in [5.41, 5.74) is 0. The summed E-state index contributed by atoms with van der Waals surface area (Å²) in [6, 6.07) is 0. The molecule has 0 aliphatic carbocycles. The molecule has 6 atom stereocenters. The zero-order valence-corrected chi connectivity index (χ0v) is 38.5. The number of hydrogen-bond acceptors (Lipinski definition) is 10. The summed E-state index contributed by atoms with van der Waals surface area (Å²) in [5.74, 6) is -2.42. The largest absolute Gasteiger partial charge is 0.479 e. The second kappa shape index (κ2) is 40.0. The first-order valence-corrected chi connectivity index (χ1v) is 25.1. The molecule has 354 valence electrons. The fraction of sp³-hybridized carbons (Fsp3) is 0.939. The van der Waals surface area contributed by atoms with Crippen molar-refractivity contribution >= 4 is 17.9 Å². The van der Waals surface area contributed by atoms with Crippen molar-refractivity contribution in [3.63, 3.8) is 0 Å². The van der Waals surface area contributed by atoms with Crippen LogP contribution in [0.3, 0.4) is 0 Å². The van der Waals surface area contributed by atoms with E-state index in [0.29, 0.717) is 12.8 Å². The quantitative estimate of drug-likeness (QED) is 0.0340. The summed E-state index contributed by atoms with van der Waals surface area (Å²) in [4.78, 5) is 36.8. The van der Waals surface area contributed by atoms with Crippen LogP contribution in [0, 0.1) is 0 Å². The van der Waals surface area contributed by atoms with Crippen LogP contribution in [0.2, 0.25) is 0 Å². The zero-order chi connectivity index (χ0) is 43.9. The van der Waals surface area contributed by atoms with E-state index in [1.54, 1.807) is 0 Å². The number of aliphatic hydroxyl groups excluding tert-OH is 3. The molecule has 11 heteroatoms. The van der Waals surface area contributed by atoms with Crippen molar-refractivity contribution in [2.75, 3.05) is 13.2 Å². The minimum Gasteiger partial charge on any atom is -0.479 e. The van der Waals surface area contributed by atoms with Gasteiger partial charge in [0.25, 0.3) is 0 Å². The average Bonchev–Trinajstić information content (AvgIpc) is 3.23. The van der Waals surface area contributed by atoms with Gasteiger partial charge in [0.05, 0.1) is 6.61 Å². The van der Waals surface area contributed by atoms with Crippen LogP contribution in [-0.4, -0.2) is 88.4 Å². The van der Waals surface area contributed by atoms with E-state index in [2.05, 4.69) is 13.8 Å². The Morgan fingerprint density at radius 1 is 0.450 bits per heavy atom. The number of hydrogen-bond donors (Lipinski definition) is 4. The highest BCUT2D eigenvalue weighted by Crippen LogP contribution is 2.23. The SMILES string of the molecule is CCCCCCCCCCCCCCCCCCCCCCCCCC(=O)OCC(COC1OC(C(=O)O)C(O)C(O)C1O)OC(=O)CCCCCCCCCCCCC. The molecule has 0 spiro atoms. The van der Waals surface area contributed by atoms with Crippen LogP contribution in [0.4, 0.5) is 0 Å². The second-order valence-electron chi connectivity index (χ2n) is 17.7. The molecule has 1 rings (SSSR count). The molecule has 60 heavy (non-hydrogen) atoms. The molecule has 0 aromatic heterocycles. The van der Waals surface area contributed by atoms with Crippen molar-refractivity contribution in [1.29, 1.82) is 0 Å². The third kappa shape index (κ3) is 31.1. The predicted octanol–water partition coefficient (Wildman–Crippen LogP) is 11.4. The van der Waals surface area contributed by atoms with E-state index in [1.165, 1.54) is 167 Å². The maximum atomic E-state index is 12.7. The fourth-order valence-electron chi connectivity index (χ4n) is 8.00. The number of unbranched alkanes of at least 4 members (excludes halogenated alkanes) is 32. The number of esters is 2. The van der Waals surface area contributed by atoms with Gasteiger partial charge in [0.15, 0.2) is 18.5 Å². The van der Waals surface area contributed by atoms with Gasteiger partial charge in [-0.25, -0.2) is 4.79 Å². The highest BCUT2D eigenvalue weighted by Gasteiger charge is 2.47. The molecule has 0 aromatic carbocycles. The van der Waals surface area contributed by atoms with Crippen LogP contribution < -0.4 is 0 Å². The van der Waals surface area contributed by atoms with Gasteiger partial charge in [0.2, 0.25) is 0 Å². The standard InChI is InChI=1S/C49H92O11/c1-3-5-7-9-11-13-15-16-17-18-19-20-21-22-23-24-25-26-28-29-31-33-35-37-42(50)57-39-41(40-58-49-46(54)44(52)45(53)47(60-49)48(55)56)59-43(51)38-36-34-32-30-27-14-12-10-8-6-4-2/h41,44-47,49,52-54H,3-40H2,1-2H3,(H,55,56). The molecule has 1 aliphatic rings. The van der Waals surface area contributed by atoms with Crippen LogP contribution in [0.1, 0.15) is 245 Å². The molecule has 0 radical (unpaired) electrons. The Morgan fingerprint density at radius 3 is 1.13 bits per heavy atom. The van der Waals surface area contributed by atoms with Gasteiger partial charge in [-0.1, -0.05) is 219 Å². The molecule has 11 nitrogen and oxygen atoms in total. The number of carboxylic acids is 1. The second-order valence-corrected chi connectivity index (χ2v) is 17.7. The Morgan fingerprint density at radius 2 is 0.783 bits per heavy atom. The van der Waals surface area contributed by atoms with Gasteiger partial charge >= 0.3 is 17.9 Å². The minimum atomic E-state index is -1.86. The zero-order valence-electron chi connectivity index (χ0n) is 38.5. The van der Waals surface area contributed by atoms with E-state index in [0.717, 1.165) is 38.5 Å². The number of rotatable bonds is 43. The molecular formula is C49H92O11. The van der Waals surface area contributed by atoms with Gasteiger partial charge in [0.1, 0.15) is 24.9 Å². The van der Waals surface area contributed by atoms with Gasteiger partial charge in [-0.15, -0.1) is 0 Å². The Kier molecular flexibility index (Phi) is 37.5. The lowest BCUT2D eigenvalue weighted by molar-refractivity contribution is -0.298. The number of carbonyl (C=O) groups excluding carboxylic acids is 2. The number of aliphatic carboxylic acids is 1. The molecule has 0 aromatic rings. The summed E-state index contributed by atoms with van der Waals surface area (Å²) in [7, 11) is 0. The summed E-state index contributed by atoms with van der Waals surface area (Å²) in [5, 5.41) is 39.8. The third-order valence-electron chi connectivity index (χ3n) is 12.0. The molecule has 0 amide bonds. The van der Waals surface area contributed by atoms with E-state index in [1.807, 2.05) is 0 Å². The van der Waals surface area contributed by atoms with Gasteiger partial charge in [-0.05, 0) is 12.8 Å². The predicted molar refractivity (Wildman–Crippen MR) is 239 cm³/mol. The van der Waals surface area contributed by atoms with Gasteiger partial charge in [-0.3, -0.25) is 9.59 Å². The molecular weight excluding hydrogens is 765 g/mol. The van der Waals surface area contributed by atoms with Crippen LogP contribution in [-0.2, 0) is 33.3 Å². The Labute approximate surface area is 365 Å². The van der Waals surface area contributed by atoms with E-state index in [4.69, 9.17) is 18.9 Å². The van der Waals surface area contributed by atoms with E-state index < -0.39 is 54.7 Å². The molecule has 1 aliphatic heterocycles. The van der Waals surface area contributed by atoms with Crippen LogP contribution in [0.25, 0.3) is 0 Å². The van der Waals surface area contributed by atoms with E-state index in [-0.39, 0.29) is 26.1 Å². The first kappa shape index (κ1) is 56.2. The number of carbonyl (C=O) groups is 3. The highest BCUT2D eigenvalue weighted by atomic mass is 16.7. The van der Waals surface area contributed by atoms with Gasteiger partial charge in [0, 0.05) is 12.8 Å². The first-order chi connectivity index (χ1) is 29.2. The van der Waals surface area contributed by atoms with E-state index >= 15 is 0 Å². The first-order valence-electron chi connectivity index (χ1n) is 25.1. The smallest absolute Gasteiger partial charge is 0.335 e. The molecule has 0 bridgehead atoms. The molecule has 1 fully saturated rings. The summed E-state index contributed by atoms with van der Waals surface area (Å²) in [6.07, 6.45) is 33.1. The fourth-order valence-corrected chi connectivity index (χ4v) is 8.00. The van der Waals surface area contributed by atoms with Crippen molar-refractivity contribution in [1.82, 2.24) is 0 Å². The lowest BCUT2D eigenvalue weighted by Gasteiger charge is -2.38. The molecule has 6 unspecified atom stereocenters. The van der Waals surface area contributed by atoms with Gasteiger partial charge < -0.3 is 39.4 Å². The van der Waals surface area contributed by atoms with Crippen LogP contribution in [0.5, 0.6) is 0 Å². The van der Waals surface area contributed by atoms with Crippen LogP contribution in [0.15, 0.2) is 0 Å². The average molecular weight is 857 g/mol. The molecule has 0 saturated carbocycles. The maximum absolute atomic E-state index is 12.7. The number of carboxylic acid groups (broad SMARTS) is 1.